The predicted octanol–water partition coefficient (Wildman–Crippen LogP) is 9.57. The summed E-state index contributed by atoms with van der Waals surface area (Å²) >= 11 is 1.13. The van der Waals surface area contributed by atoms with Crippen molar-refractivity contribution in [3.63, 3.8) is 0 Å². The highest BCUT2D eigenvalue weighted by atomic mass is 32.2. The Balaban J connectivity index is 5.17. The SMILES string of the molecule is CCCCCCCCCCO[Si](CCCSC(=O)C(=O)CC)(OCCCCCCCCCC)OC(C)N(CC)CC. The summed E-state index contributed by atoms with van der Waals surface area (Å²) in [4.78, 5) is 26.1. The molecule has 0 aromatic rings. The number of ketones is 1. The minimum Gasteiger partial charge on any atom is -0.373 e. The van der Waals surface area contributed by atoms with E-state index in [0.717, 1.165) is 44.1 Å². The minimum absolute atomic E-state index is 0.0928. The van der Waals surface area contributed by atoms with Gasteiger partial charge in [-0.25, -0.2) is 0 Å². The number of Topliss-reactive ketones (excluding diaryl/α,β-unsaturated/α-hetero) is 1. The highest BCUT2D eigenvalue weighted by Crippen LogP contribution is 2.25. The van der Waals surface area contributed by atoms with E-state index in [2.05, 4.69) is 39.5 Å². The van der Waals surface area contributed by atoms with Crippen molar-refractivity contribution in [1.82, 2.24) is 4.90 Å². The van der Waals surface area contributed by atoms with Crippen LogP contribution in [-0.4, -0.2) is 62.9 Å². The lowest BCUT2D eigenvalue weighted by Crippen LogP contribution is -2.52. The third-order valence-corrected chi connectivity index (χ3v) is 11.7. The molecule has 0 aromatic carbocycles. The van der Waals surface area contributed by atoms with E-state index in [4.69, 9.17) is 13.3 Å². The zero-order chi connectivity index (χ0) is 30.6. The van der Waals surface area contributed by atoms with E-state index in [0.29, 0.717) is 25.0 Å². The number of rotatable bonds is 31. The molecule has 0 aliphatic carbocycles. The Morgan fingerprint density at radius 3 is 1.51 bits per heavy atom. The molecule has 0 amide bonds. The first-order valence-electron chi connectivity index (χ1n) is 17.3. The van der Waals surface area contributed by atoms with Crippen LogP contribution in [0.1, 0.15) is 157 Å². The molecule has 1 atom stereocenters. The quantitative estimate of drug-likeness (QED) is 0.0332. The standard InChI is InChI=1S/C33H67NO5SSi/c1-7-12-14-16-18-20-22-24-27-37-41(39-31(6)34(10-4)11-5,30-26-29-40-33(36)32(35)9-3)38-28-25-23-21-19-17-15-13-8-2/h31H,7-30H2,1-6H3. The van der Waals surface area contributed by atoms with Gasteiger partial charge in [0.25, 0.3) is 5.12 Å². The Kier molecular flexibility index (Phi) is 28.3. The third-order valence-electron chi connectivity index (χ3n) is 7.73. The van der Waals surface area contributed by atoms with Crippen molar-refractivity contribution in [2.45, 2.75) is 169 Å². The largest absolute Gasteiger partial charge is 0.502 e. The fourth-order valence-electron chi connectivity index (χ4n) is 4.99. The summed E-state index contributed by atoms with van der Waals surface area (Å²) in [6.07, 6.45) is 21.0. The maximum atomic E-state index is 12.1. The van der Waals surface area contributed by atoms with E-state index in [1.165, 1.54) is 89.9 Å². The van der Waals surface area contributed by atoms with Crippen molar-refractivity contribution >= 4 is 31.5 Å². The molecule has 0 N–H and O–H groups in total. The number of nitrogens with zero attached hydrogens (tertiary/aromatic N) is 1. The molecule has 0 rings (SSSR count). The first kappa shape index (κ1) is 40.7. The lowest BCUT2D eigenvalue weighted by Gasteiger charge is -2.36. The molecule has 0 bridgehead atoms. The first-order chi connectivity index (χ1) is 19.9. The van der Waals surface area contributed by atoms with Gasteiger partial charge in [-0.2, -0.15) is 0 Å². The van der Waals surface area contributed by atoms with Gasteiger partial charge in [-0.1, -0.05) is 136 Å². The zero-order valence-electron chi connectivity index (χ0n) is 27.9. The maximum absolute atomic E-state index is 12.1. The highest BCUT2D eigenvalue weighted by Gasteiger charge is 2.43. The fraction of sp³-hybridized carbons (Fsp3) is 0.939. The third kappa shape index (κ3) is 22.0. The number of unbranched alkanes of at least 4 members (excludes halogenated alkanes) is 14. The van der Waals surface area contributed by atoms with Crippen LogP contribution in [0.4, 0.5) is 0 Å². The Hall–Kier alpha value is -0.253. The number of carbonyl (C=O) groups is 2. The molecular weight excluding hydrogens is 551 g/mol. The van der Waals surface area contributed by atoms with Crippen LogP contribution in [0.2, 0.25) is 6.04 Å². The summed E-state index contributed by atoms with van der Waals surface area (Å²) in [7, 11) is -2.98. The summed E-state index contributed by atoms with van der Waals surface area (Å²) in [5, 5.41) is -0.336. The van der Waals surface area contributed by atoms with Crippen LogP contribution >= 0.6 is 11.8 Å². The molecule has 0 fully saturated rings. The van der Waals surface area contributed by atoms with Crippen molar-refractivity contribution in [2.24, 2.45) is 0 Å². The Morgan fingerprint density at radius 2 is 1.10 bits per heavy atom. The highest BCUT2D eigenvalue weighted by molar-refractivity contribution is 8.15. The predicted molar refractivity (Wildman–Crippen MR) is 179 cm³/mol. The Bertz CT molecular complexity index is 598. The zero-order valence-corrected chi connectivity index (χ0v) is 29.8. The molecule has 6 nitrogen and oxygen atoms in total. The van der Waals surface area contributed by atoms with Crippen LogP contribution in [-0.2, 0) is 22.9 Å². The van der Waals surface area contributed by atoms with Gasteiger partial charge in [0.05, 0.1) is 0 Å². The molecule has 0 radical (unpaired) electrons. The number of thioether (sulfide) groups is 1. The van der Waals surface area contributed by atoms with Gasteiger partial charge in [-0.15, -0.1) is 0 Å². The van der Waals surface area contributed by atoms with Gasteiger partial charge in [-0.05, 0) is 39.3 Å². The second-order valence-electron chi connectivity index (χ2n) is 11.3. The van der Waals surface area contributed by atoms with E-state index in [1.54, 1.807) is 6.92 Å². The Labute approximate surface area is 260 Å². The van der Waals surface area contributed by atoms with Crippen molar-refractivity contribution in [1.29, 1.82) is 0 Å². The van der Waals surface area contributed by atoms with Gasteiger partial charge in [-0.3, -0.25) is 14.5 Å². The molecule has 0 saturated heterocycles. The van der Waals surface area contributed by atoms with Crippen molar-refractivity contribution < 1.29 is 22.9 Å². The molecule has 0 heterocycles. The fourth-order valence-corrected chi connectivity index (χ4v) is 8.84. The Morgan fingerprint density at radius 1 is 0.659 bits per heavy atom. The van der Waals surface area contributed by atoms with Crippen LogP contribution in [0.3, 0.4) is 0 Å². The number of carbonyl (C=O) groups excluding carboxylic acids is 2. The molecule has 0 aromatic heterocycles. The monoisotopic (exact) mass is 617 g/mol. The van der Waals surface area contributed by atoms with E-state index < -0.39 is 8.80 Å². The maximum Gasteiger partial charge on any atom is 0.502 e. The van der Waals surface area contributed by atoms with E-state index in [9.17, 15) is 9.59 Å². The molecule has 8 heteroatoms. The normalized spacial score (nSPS) is 12.8. The second kappa shape index (κ2) is 28.5. The number of hydrogen-bond acceptors (Lipinski definition) is 7. The van der Waals surface area contributed by atoms with Gasteiger partial charge >= 0.3 is 8.80 Å². The second-order valence-corrected chi connectivity index (χ2v) is 15.0. The average molecular weight is 618 g/mol. The van der Waals surface area contributed by atoms with Gasteiger partial charge in [0.1, 0.15) is 6.23 Å². The number of hydrogen-bond donors (Lipinski definition) is 0. The van der Waals surface area contributed by atoms with Crippen molar-refractivity contribution in [3.8, 4) is 0 Å². The van der Waals surface area contributed by atoms with Gasteiger partial charge in [0.15, 0.2) is 0 Å². The van der Waals surface area contributed by atoms with E-state index in [-0.39, 0.29) is 23.5 Å². The molecule has 0 aliphatic heterocycles. The van der Waals surface area contributed by atoms with Crippen LogP contribution < -0.4 is 0 Å². The van der Waals surface area contributed by atoms with Crippen LogP contribution in [0.25, 0.3) is 0 Å². The average Bonchev–Trinajstić information content (AvgIpc) is 2.97. The van der Waals surface area contributed by atoms with E-state index in [1.807, 2.05) is 0 Å². The molecule has 41 heavy (non-hydrogen) atoms. The van der Waals surface area contributed by atoms with Crippen molar-refractivity contribution in [2.75, 3.05) is 32.1 Å². The van der Waals surface area contributed by atoms with Crippen molar-refractivity contribution in [3.05, 3.63) is 0 Å². The summed E-state index contributed by atoms with van der Waals surface area (Å²) in [5.41, 5.74) is 0. The molecule has 0 aliphatic rings. The molecule has 1 unspecified atom stereocenters. The molecule has 0 saturated carbocycles. The van der Waals surface area contributed by atoms with Crippen LogP contribution in [0, 0.1) is 0 Å². The lowest BCUT2D eigenvalue weighted by atomic mass is 10.1. The van der Waals surface area contributed by atoms with Gasteiger partial charge in [0, 0.05) is 31.4 Å². The summed E-state index contributed by atoms with van der Waals surface area (Å²) in [5.74, 6) is 0.284. The van der Waals surface area contributed by atoms with Gasteiger partial charge < -0.3 is 13.3 Å². The smallest absolute Gasteiger partial charge is 0.373 e. The van der Waals surface area contributed by atoms with Crippen LogP contribution in [0.15, 0.2) is 0 Å². The first-order valence-corrected chi connectivity index (χ1v) is 20.2. The molecule has 244 valence electrons. The van der Waals surface area contributed by atoms with Gasteiger partial charge in [0.2, 0.25) is 5.78 Å². The summed E-state index contributed by atoms with van der Waals surface area (Å²) < 4.78 is 20.0. The topological polar surface area (TPSA) is 65.1 Å². The summed E-state index contributed by atoms with van der Waals surface area (Å²) in [6, 6.07) is 0.674. The van der Waals surface area contributed by atoms with Crippen LogP contribution in [0.5, 0.6) is 0 Å². The van der Waals surface area contributed by atoms with E-state index >= 15 is 0 Å². The minimum atomic E-state index is -2.98. The summed E-state index contributed by atoms with van der Waals surface area (Å²) in [6.45, 7) is 15.8. The molecular formula is C33H67NO5SSi. The lowest BCUT2D eigenvalue weighted by molar-refractivity contribution is -0.131. The molecule has 0 spiro atoms.